The van der Waals surface area contributed by atoms with Crippen LogP contribution in [0.25, 0.3) is 0 Å². The SMILES string of the molecule is CC[N+](C)(C)C(C)CN1c2ccccc2Sc2ccccc21.[I-]. The van der Waals surface area contributed by atoms with Gasteiger partial charge in [0.15, 0.2) is 0 Å². The van der Waals surface area contributed by atoms with Crippen LogP contribution in [0.4, 0.5) is 11.4 Å². The Morgan fingerprint density at radius 1 is 0.957 bits per heavy atom. The summed E-state index contributed by atoms with van der Waals surface area (Å²) in [6.45, 7) is 6.81. The molecule has 0 aromatic heterocycles. The second kappa shape index (κ2) is 7.45. The summed E-state index contributed by atoms with van der Waals surface area (Å²) in [5, 5.41) is 0. The van der Waals surface area contributed by atoms with Crippen LogP contribution in [-0.2, 0) is 0 Å². The first-order valence-electron chi connectivity index (χ1n) is 7.99. The number of hydrogen-bond donors (Lipinski definition) is 0. The summed E-state index contributed by atoms with van der Waals surface area (Å²) in [6, 6.07) is 18.1. The second-order valence-corrected chi connectivity index (χ2v) is 7.68. The first-order valence-corrected chi connectivity index (χ1v) is 8.80. The molecule has 1 aliphatic heterocycles. The number of halogens is 1. The first-order chi connectivity index (χ1) is 10.5. The van der Waals surface area contributed by atoms with Crippen molar-refractivity contribution in [1.82, 2.24) is 0 Å². The topological polar surface area (TPSA) is 3.24 Å². The smallest absolute Gasteiger partial charge is 0.104 e. The molecule has 0 amide bonds. The van der Waals surface area contributed by atoms with Crippen LogP contribution < -0.4 is 28.9 Å². The highest BCUT2D eigenvalue weighted by Gasteiger charge is 2.29. The summed E-state index contributed by atoms with van der Waals surface area (Å²) < 4.78 is 1.04. The van der Waals surface area contributed by atoms with Gasteiger partial charge in [-0.05, 0) is 38.1 Å². The molecule has 1 aliphatic rings. The standard InChI is InChI=1S/C19H25N2S.HI/c1-5-21(3,4)15(2)14-20-16-10-6-8-12-18(16)22-19-13-9-7-11-17(19)20;/h6-13,15H,5,14H2,1-4H3;1H/q+1;/p-1. The molecule has 0 aliphatic carbocycles. The Morgan fingerprint density at radius 2 is 1.43 bits per heavy atom. The lowest BCUT2D eigenvalue weighted by Crippen LogP contribution is -3.00. The maximum Gasteiger partial charge on any atom is 0.104 e. The lowest BCUT2D eigenvalue weighted by Gasteiger charge is -2.40. The quantitative estimate of drug-likeness (QED) is 0.527. The summed E-state index contributed by atoms with van der Waals surface area (Å²) in [5.41, 5.74) is 2.68. The van der Waals surface area contributed by atoms with Gasteiger partial charge in [-0.2, -0.15) is 0 Å². The zero-order valence-electron chi connectivity index (χ0n) is 14.3. The van der Waals surface area contributed by atoms with Crippen molar-refractivity contribution in [2.75, 3.05) is 32.1 Å². The molecule has 23 heavy (non-hydrogen) atoms. The van der Waals surface area contributed by atoms with Gasteiger partial charge < -0.3 is 33.4 Å². The van der Waals surface area contributed by atoms with Crippen molar-refractivity contribution in [1.29, 1.82) is 0 Å². The number of hydrogen-bond acceptors (Lipinski definition) is 2. The molecule has 2 nitrogen and oxygen atoms in total. The minimum Gasteiger partial charge on any atom is -1.00 e. The third-order valence-corrected chi connectivity index (χ3v) is 6.12. The molecule has 0 fully saturated rings. The number of benzene rings is 2. The molecule has 0 N–H and O–H groups in total. The third kappa shape index (κ3) is 3.69. The Morgan fingerprint density at radius 3 is 1.91 bits per heavy atom. The minimum absolute atomic E-state index is 0. The zero-order valence-corrected chi connectivity index (χ0v) is 17.3. The summed E-state index contributed by atoms with van der Waals surface area (Å²) in [4.78, 5) is 5.21. The van der Waals surface area contributed by atoms with E-state index in [1.54, 1.807) is 0 Å². The molecule has 0 radical (unpaired) electrons. The minimum atomic E-state index is 0. The predicted octanol–water partition coefficient (Wildman–Crippen LogP) is 1.78. The molecule has 1 unspecified atom stereocenters. The molecule has 2 aromatic rings. The molecule has 4 heteroatoms. The lowest BCUT2D eigenvalue weighted by atomic mass is 10.1. The molecule has 0 saturated heterocycles. The Hall–Kier alpha value is -0.720. The van der Waals surface area contributed by atoms with Crippen molar-refractivity contribution in [2.45, 2.75) is 29.7 Å². The van der Waals surface area contributed by atoms with Crippen molar-refractivity contribution in [3.63, 3.8) is 0 Å². The maximum absolute atomic E-state index is 2.50. The molecule has 3 rings (SSSR count). The second-order valence-electron chi connectivity index (χ2n) is 6.59. The highest BCUT2D eigenvalue weighted by Crippen LogP contribution is 2.47. The van der Waals surface area contributed by atoms with E-state index < -0.39 is 0 Å². The van der Waals surface area contributed by atoms with E-state index >= 15 is 0 Å². The van der Waals surface area contributed by atoms with Gasteiger partial charge >= 0.3 is 0 Å². The van der Waals surface area contributed by atoms with Gasteiger partial charge in [-0.3, -0.25) is 0 Å². The number of fused-ring (bicyclic) bond motifs is 2. The molecule has 0 saturated carbocycles. The molecule has 1 heterocycles. The van der Waals surface area contributed by atoms with Gasteiger partial charge in [-0.15, -0.1) is 0 Å². The zero-order chi connectivity index (χ0) is 15.7. The third-order valence-electron chi connectivity index (χ3n) is 4.99. The lowest BCUT2D eigenvalue weighted by molar-refractivity contribution is -0.909. The highest BCUT2D eigenvalue weighted by atomic mass is 127. The largest absolute Gasteiger partial charge is 1.00 e. The molecule has 2 aromatic carbocycles. The fraction of sp³-hybridized carbons (Fsp3) is 0.368. The number of quaternary nitrogens is 1. The Bertz CT molecular complexity index is 626. The molecule has 1 atom stereocenters. The molecule has 124 valence electrons. The normalized spacial score (nSPS) is 14.5. The number of nitrogens with zero attached hydrogens (tertiary/aromatic N) is 2. The van der Waals surface area contributed by atoms with Gasteiger partial charge in [0.25, 0.3) is 0 Å². The van der Waals surface area contributed by atoms with Crippen LogP contribution in [-0.4, -0.2) is 37.7 Å². The van der Waals surface area contributed by atoms with Crippen LogP contribution in [0.5, 0.6) is 0 Å². The van der Waals surface area contributed by atoms with Crippen molar-refractivity contribution in [3.8, 4) is 0 Å². The molecular weight excluding hydrogens is 415 g/mol. The number of para-hydroxylation sites is 2. The van der Waals surface area contributed by atoms with E-state index in [0.717, 1.165) is 17.6 Å². The summed E-state index contributed by atoms with van der Waals surface area (Å²) in [7, 11) is 4.64. The van der Waals surface area contributed by atoms with Crippen molar-refractivity contribution in [3.05, 3.63) is 48.5 Å². The first kappa shape index (κ1) is 18.6. The summed E-state index contributed by atoms with van der Waals surface area (Å²) >= 11 is 1.88. The van der Waals surface area contributed by atoms with Crippen LogP contribution in [0.15, 0.2) is 58.3 Å². The van der Waals surface area contributed by atoms with Gasteiger partial charge in [0.05, 0.1) is 38.6 Å². The average molecular weight is 440 g/mol. The van der Waals surface area contributed by atoms with Crippen molar-refractivity contribution >= 4 is 23.1 Å². The number of anilines is 2. The van der Waals surface area contributed by atoms with Crippen LogP contribution in [0.2, 0.25) is 0 Å². The van der Waals surface area contributed by atoms with E-state index in [0.29, 0.717) is 6.04 Å². The Balaban J connectivity index is 0.00000192. The highest BCUT2D eigenvalue weighted by molar-refractivity contribution is 7.99. The van der Waals surface area contributed by atoms with Gasteiger partial charge in [0, 0.05) is 9.79 Å². The van der Waals surface area contributed by atoms with E-state index in [-0.39, 0.29) is 24.0 Å². The van der Waals surface area contributed by atoms with Gasteiger partial charge in [0.2, 0.25) is 0 Å². The number of likely N-dealkylation sites (N-methyl/N-ethyl adjacent to an activating group) is 1. The van der Waals surface area contributed by atoms with Gasteiger partial charge in [-0.1, -0.05) is 36.0 Å². The van der Waals surface area contributed by atoms with Crippen LogP contribution >= 0.6 is 11.8 Å². The van der Waals surface area contributed by atoms with E-state index in [9.17, 15) is 0 Å². The summed E-state index contributed by atoms with van der Waals surface area (Å²) in [6.07, 6.45) is 0. The fourth-order valence-electron chi connectivity index (χ4n) is 2.77. The number of rotatable bonds is 4. The van der Waals surface area contributed by atoms with Crippen molar-refractivity contribution < 1.29 is 28.5 Å². The molecular formula is C19H25IN2S. The van der Waals surface area contributed by atoms with E-state index in [2.05, 4.69) is 81.4 Å². The average Bonchev–Trinajstić information content (AvgIpc) is 2.54. The fourth-order valence-corrected chi connectivity index (χ4v) is 3.87. The van der Waals surface area contributed by atoms with Crippen LogP contribution in [0, 0.1) is 0 Å². The van der Waals surface area contributed by atoms with Gasteiger partial charge in [0.1, 0.15) is 6.04 Å². The van der Waals surface area contributed by atoms with Crippen molar-refractivity contribution in [2.24, 2.45) is 0 Å². The summed E-state index contributed by atoms with van der Waals surface area (Å²) in [5.74, 6) is 0. The predicted molar refractivity (Wildman–Crippen MR) is 96.1 cm³/mol. The van der Waals surface area contributed by atoms with Crippen LogP contribution in [0.3, 0.4) is 0 Å². The monoisotopic (exact) mass is 440 g/mol. The van der Waals surface area contributed by atoms with Gasteiger partial charge in [-0.25, -0.2) is 0 Å². The van der Waals surface area contributed by atoms with E-state index in [4.69, 9.17) is 0 Å². The van der Waals surface area contributed by atoms with E-state index in [1.165, 1.54) is 21.2 Å². The Kier molecular flexibility index (Phi) is 6.03. The Labute approximate surface area is 161 Å². The van der Waals surface area contributed by atoms with E-state index in [1.807, 2.05) is 11.8 Å². The van der Waals surface area contributed by atoms with Crippen LogP contribution in [0.1, 0.15) is 13.8 Å². The molecule has 0 spiro atoms. The molecule has 0 bridgehead atoms. The maximum atomic E-state index is 2.50.